The first-order valence-corrected chi connectivity index (χ1v) is 8.99. The van der Waals surface area contributed by atoms with Crippen LogP contribution in [0.1, 0.15) is 22.8 Å². The number of fused-ring (bicyclic) bond motifs is 1. The first-order valence-electron chi connectivity index (χ1n) is 8.99. The molecule has 1 N–H and O–H groups in total. The highest BCUT2D eigenvalue weighted by Crippen LogP contribution is 2.20. The Balaban J connectivity index is 1.36. The number of H-pyrrole nitrogens is 1. The van der Waals surface area contributed by atoms with Crippen LogP contribution < -0.4 is 0 Å². The van der Waals surface area contributed by atoms with Gasteiger partial charge in [0.1, 0.15) is 11.6 Å². The van der Waals surface area contributed by atoms with Crippen molar-refractivity contribution in [3.05, 3.63) is 51.2 Å². The molecule has 1 aliphatic rings. The molecule has 142 valence electrons. The third-order valence-electron chi connectivity index (χ3n) is 5.13. The summed E-state index contributed by atoms with van der Waals surface area (Å²) in [5, 5.41) is 14.9. The lowest BCUT2D eigenvalue weighted by molar-refractivity contribution is -0.384. The Bertz CT molecular complexity index is 951. The molecule has 3 aromatic rings. The van der Waals surface area contributed by atoms with Gasteiger partial charge in [-0.2, -0.15) is 0 Å². The van der Waals surface area contributed by atoms with Gasteiger partial charge in [-0.05, 0) is 19.9 Å². The van der Waals surface area contributed by atoms with E-state index >= 15 is 0 Å². The smallest absolute Gasteiger partial charge is 0.271 e. The Kier molecular flexibility index (Phi) is 4.63. The van der Waals surface area contributed by atoms with Gasteiger partial charge in [-0.15, -0.1) is 0 Å². The van der Waals surface area contributed by atoms with Crippen molar-refractivity contribution in [2.45, 2.75) is 26.9 Å². The normalized spacial score (nSPS) is 16.2. The quantitative estimate of drug-likeness (QED) is 0.543. The van der Waals surface area contributed by atoms with Gasteiger partial charge in [0.15, 0.2) is 0 Å². The number of aryl methyl sites for hydroxylation is 2. The average molecular weight is 370 g/mol. The first-order chi connectivity index (χ1) is 13.0. The lowest BCUT2D eigenvalue weighted by atomic mass is 10.2. The van der Waals surface area contributed by atoms with Crippen LogP contribution in [0.25, 0.3) is 11.0 Å². The number of imidazole rings is 1. The van der Waals surface area contributed by atoms with Crippen LogP contribution in [0.5, 0.6) is 0 Å². The molecule has 4 rings (SSSR count). The molecule has 9 heteroatoms. The van der Waals surface area contributed by atoms with Gasteiger partial charge in [-0.1, -0.05) is 5.16 Å². The zero-order valence-electron chi connectivity index (χ0n) is 15.4. The molecule has 9 nitrogen and oxygen atoms in total. The van der Waals surface area contributed by atoms with Crippen molar-refractivity contribution in [3.63, 3.8) is 0 Å². The molecule has 0 unspecified atom stereocenters. The number of nitrogens with one attached hydrogen (secondary N) is 1. The van der Waals surface area contributed by atoms with Gasteiger partial charge in [-0.25, -0.2) is 4.98 Å². The molecule has 1 saturated heterocycles. The van der Waals surface area contributed by atoms with Crippen molar-refractivity contribution in [1.29, 1.82) is 0 Å². The van der Waals surface area contributed by atoms with Crippen LogP contribution in [0.4, 0.5) is 5.69 Å². The molecule has 0 saturated carbocycles. The van der Waals surface area contributed by atoms with E-state index in [1.807, 2.05) is 13.8 Å². The van der Waals surface area contributed by atoms with Crippen molar-refractivity contribution in [3.8, 4) is 0 Å². The summed E-state index contributed by atoms with van der Waals surface area (Å²) in [6, 6.07) is 4.71. The van der Waals surface area contributed by atoms with Crippen LogP contribution >= 0.6 is 0 Å². The summed E-state index contributed by atoms with van der Waals surface area (Å²) in [5.41, 5.74) is 3.68. The minimum Gasteiger partial charge on any atom is -0.361 e. The number of aromatic amines is 1. The molecule has 0 aliphatic carbocycles. The molecule has 1 fully saturated rings. The summed E-state index contributed by atoms with van der Waals surface area (Å²) in [7, 11) is 0. The second-order valence-electron chi connectivity index (χ2n) is 7.00. The van der Waals surface area contributed by atoms with Crippen molar-refractivity contribution in [2.24, 2.45) is 0 Å². The summed E-state index contributed by atoms with van der Waals surface area (Å²) >= 11 is 0. The van der Waals surface area contributed by atoms with Gasteiger partial charge in [0.2, 0.25) is 0 Å². The highest BCUT2D eigenvalue weighted by molar-refractivity contribution is 5.77. The van der Waals surface area contributed by atoms with Crippen molar-refractivity contribution in [1.82, 2.24) is 24.9 Å². The van der Waals surface area contributed by atoms with E-state index in [0.717, 1.165) is 55.5 Å². The molecule has 0 radical (unpaired) electrons. The molecule has 2 aromatic heterocycles. The maximum Gasteiger partial charge on any atom is 0.271 e. The van der Waals surface area contributed by atoms with Crippen molar-refractivity contribution >= 4 is 16.7 Å². The third-order valence-corrected chi connectivity index (χ3v) is 5.13. The van der Waals surface area contributed by atoms with Crippen LogP contribution in [0.3, 0.4) is 0 Å². The number of rotatable bonds is 5. The second kappa shape index (κ2) is 7.09. The van der Waals surface area contributed by atoms with Gasteiger partial charge in [0.25, 0.3) is 5.69 Å². The van der Waals surface area contributed by atoms with E-state index in [4.69, 9.17) is 4.52 Å². The predicted octanol–water partition coefficient (Wildman–Crippen LogP) is 2.39. The minimum atomic E-state index is -0.391. The maximum absolute atomic E-state index is 10.9. The highest BCUT2D eigenvalue weighted by Gasteiger charge is 2.21. The van der Waals surface area contributed by atoms with Gasteiger partial charge >= 0.3 is 0 Å². The fourth-order valence-corrected chi connectivity index (χ4v) is 3.51. The van der Waals surface area contributed by atoms with Crippen LogP contribution in [0.15, 0.2) is 22.7 Å². The lowest BCUT2D eigenvalue weighted by Gasteiger charge is -2.34. The number of nitro benzene ring substituents is 1. The predicted molar refractivity (Wildman–Crippen MR) is 99.3 cm³/mol. The number of nitro groups is 1. The number of hydrogen-bond acceptors (Lipinski definition) is 7. The van der Waals surface area contributed by atoms with E-state index in [-0.39, 0.29) is 5.69 Å². The van der Waals surface area contributed by atoms with E-state index in [0.29, 0.717) is 12.1 Å². The van der Waals surface area contributed by atoms with Gasteiger partial charge in [-0.3, -0.25) is 19.9 Å². The zero-order chi connectivity index (χ0) is 19.0. The topological polar surface area (TPSA) is 104 Å². The zero-order valence-corrected chi connectivity index (χ0v) is 15.4. The van der Waals surface area contributed by atoms with E-state index in [1.54, 1.807) is 6.07 Å². The molecular formula is C18H22N6O3. The first kappa shape index (κ1) is 17.6. The van der Waals surface area contributed by atoms with E-state index in [9.17, 15) is 10.1 Å². The second-order valence-corrected chi connectivity index (χ2v) is 7.00. The summed E-state index contributed by atoms with van der Waals surface area (Å²) in [4.78, 5) is 23.0. The van der Waals surface area contributed by atoms with E-state index in [1.165, 1.54) is 17.7 Å². The minimum absolute atomic E-state index is 0.0747. The Morgan fingerprint density at radius 2 is 1.89 bits per heavy atom. The third kappa shape index (κ3) is 3.69. The largest absolute Gasteiger partial charge is 0.361 e. The molecule has 0 amide bonds. The Morgan fingerprint density at radius 3 is 2.52 bits per heavy atom. The molecule has 0 bridgehead atoms. The summed E-state index contributed by atoms with van der Waals surface area (Å²) in [5.74, 6) is 1.73. The Hall–Kier alpha value is -2.78. The number of benzene rings is 1. The van der Waals surface area contributed by atoms with Crippen LogP contribution in [0, 0.1) is 24.0 Å². The number of non-ortho nitro benzene ring substituents is 1. The average Bonchev–Trinajstić information content (AvgIpc) is 3.19. The molecule has 0 atom stereocenters. The standard InChI is InChI=1S/C18H22N6O3/c1-12-15(13(2)27-21-12)10-22-5-7-23(8-6-22)11-18-19-16-4-3-14(24(25)26)9-17(16)20-18/h3-4,9H,5-8,10-11H2,1-2H3,(H,19,20). The molecule has 1 aliphatic heterocycles. The lowest BCUT2D eigenvalue weighted by Crippen LogP contribution is -2.45. The van der Waals surface area contributed by atoms with Crippen LogP contribution in [0.2, 0.25) is 0 Å². The number of hydrogen-bond donors (Lipinski definition) is 1. The number of piperazine rings is 1. The van der Waals surface area contributed by atoms with Crippen molar-refractivity contribution in [2.75, 3.05) is 26.2 Å². The highest BCUT2D eigenvalue weighted by atomic mass is 16.6. The summed E-state index contributed by atoms with van der Waals surface area (Å²) in [6.07, 6.45) is 0. The Morgan fingerprint density at radius 1 is 1.19 bits per heavy atom. The van der Waals surface area contributed by atoms with Crippen LogP contribution in [-0.4, -0.2) is 56.0 Å². The molecule has 27 heavy (non-hydrogen) atoms. The molecule has 3 heterocycles. The number of aromatic nitrogens is 3. The van der Waals surface area contributed by atoms with Gasteiger partial charge < -0.3 is 9.51 Å². The van der Waals surface area contributed by atoms with E-state index < -0.39 is 4.92 Å². The fourth-order valence-electron chi connectivity index (χ4n) is 3.51. The number of nitrogens with zero attached hydrogens (tertiary/aromatic N) is 5. The fraction of sp³-hybridized carbons (Fsp3) is 0.444. The Labute approximate surface area is 156 Å². The SMILES string of the molecule is Cc1noc(C)c1CN1CCN(Cc2nc3ccc([N+](=O)[O-])cc3[nH]2)CC1. The van der Waals surface area contributed by atoms with Crippen LogP contribution in [-0.2, 0) is 13.1 Å². The van der Waals surface area contributed by atoms with Gasteiger partial charge in [0.05, 0.1) is 28.2 Å². The molecule has 1 aromatic carbocycles. The monoisotopic (exact) mass is 370 g/mol. The summed E-state index contributed by atoms with van der Waals surface area (Å²) < 4.78 is 5.25. The van der Waals surface area contributed by atoms with Gasteiger partial charge in [0, 0.05) is 50.4 Å². The van der Waals surface area contributed by atoms with E-state index in [2.05, 4.69) is 24.9 Å². The maximum atomic E-state index is 10.9. The molecular weight excluding hydrogens is 348 g/mol. The molecule has 0 spiro atoms. The van der Waals surface area contributed by atoms with Crippen molar-refractivity contribution < 1.29 is 9.45 Å². The summed E-state index contributed by atoms with van der Waals surface area (Å²) in [6.45, 7) is 9.34.